The Hall–Kier alpha value is -1.34. The van der Waals surface area contributed by atoms with Crippen LogP contribution in [0.1, 0.15) is 26.2 Å². The summed E-state index contributed by atoms with van der Waals surface area (Å²) in [7, 11) is 1.63. The summed E-state index contributed by atoms with van der Waals surface area (Å²) in [6.07, 6.45) is 0.729. The molecule has 0 aromatic rings. The normalized spacial score (nSPS) is 25.1. The minimum absolute atomic E-state index is 0.115. The Bertz CT molecular complexity index is 339. The molecule has 7 heteroatoms. The van der Waals surface area contributed by atoms with Crippen molar-refractivity contribution in [3.8, 4) is 0 Å². The fourth-order valence-electron chi connectivity index (χ4n) is 2.11. The van der Waals surface area contributed by atoms with E-state index < -0.39 is 18.0 Å². The number of urea groups is 1. The molecule has 4 N–H and O–H groups in total. The third-order valence-corrected chi connectivity index (χ3v) is 3.24. The molecule has 1 unspecified atom stereocenters. The zero-order valence-electron chi connectivity index (χ0n) is 11.3. The molecule has 0 saturated heterocycles. The fourth-order valence-corrected chi connectivity index (χ4v) is 2.11. The van der Waals surface area contributed by atoms with Crippen LogP contribution in [0.4, 0.5) is 4.79 Å². The molecule has 0 heterocycles. The number of carboxylic acids is 1. The molecule has 0 bridgehead atoms. The Morgan fingerprint density at radius 2 is 2.00 bits per heavy atom. The van der Waals surface area contributed by atoms with Gasteiger partial charge in [-0.25, -0.2) is 4.79 Å². The van der Waals surface area contributed by atoms with Crippen LogP contribution in [0.15, 0.2) is 0 Å². The molecule has 1 atom stereocenters. The van der Waals surface area contributed by atoms with Crippen LogP contribution in [0.2, 0.25) is 0 Å². The summed E-state index contributed by atoms with van der Waals surface area (Å²) >= 11 is 0. The number of amides is 2. The van der Waals surface area contributed by atoms with Crippen LogP contribution >= 0.6 is 0 Å². The van der Waals surface area contributed by atoms with Crippen molar-refractivity contribution < 1.29 is 24.9 Å². The first-order valence-electron chi connectivity index (χ1n) is 6.31. The number of hydrogen-bond donors (Lipinski definition) is 4. The van der Waals surface area contributed by atoms with Gasteiger partial charge in [0.25, 0.3) is 0 Å². The zero-order valence-corrected chi connectivity index (χ0v) is 11.3. The van der Waals surface area contributed by atoms with Crippen molar-refractivity contribution in [2.24, 2.45) is 5.92 Å². The molecule has 1 fully saturated rings. The first kappa shape index (κ1) is 15.7. The Kier molecular flexibility index (Phi) is 5.13. The molecule has 0 aromatic heterocycles. The van der Waals surface area contributed by atoms with Crippen LogP contribution in [0.3, 0.4) is 0 Å². The Morgan fingerprint density at radius 3 is 2.47 bits per heavy atom. The van der Waals surface area contributed by atoms with Crippen molar-refractivity contribution in [1.82, 2.24) is 10.2 Å². The highest BCUT2D eigenvalue weighted by atomic mass is 16.4. The molecule has 110 valence electrons. The van der Waals surface area contributed by atoms with Gasteiger partial charge in [-0.15, -0.1) is 0 Å². The van der Waals surface area contributed by atoms with Gasteiger partial charge in [0.05, 0.1) is 18.1 Å². The maximum atomic E-state index is 11.7. The van der Waals surface area contributed by atoms with Crippen LogP contribution < -0.4 is 5.32 Å². The van der Waals surface area contributed by atoms with Gasteiger partial charge in [0, 0.05) is 20.1 Å². The maximum Gasteiger partial charge on any atom is 0.317 e. The van der Waals surface area contributed by atoms with E-state index in [1.54, 1.807) is 7.05 Å². The lowest BCUT2D eigenvalue weighted by atomic mass is 9.82. The van der Waals surface area contributed by atoms with Crippen molar-refractivity contribution in [3.63, 3.8) is 0 Å². The number of carboxylic acid groups (broad SMARTS) is 1. The van der Waals surface area contributed by atoms with Crippen LogP contribution in [0, 0.1) is 5.92 Å². The SMILES string of the molecule is CN(CC1CC(O)C1)C(=O)NCC(C)(O)CC(=O)O. The highest BCUT2D eigenvalue weighted by Crippen LogP contribution is 2.27. The van der Waals surface area contributed by atoms with Crippen molar-refractivity contribution in [3.05, 3.63) is 0 Å². The predicted octanol–water partition coefficient (Wildman–Crippen LogP) is -0.376. The Labute approximate surface area is 112 Å². The molecule has 1 rings (SSSR count). The van der Waals surface area contributed by atoms with Gasteiger partial charge >= 0.3 is 12.0 Å². The second-order valence-corrected chi connectivity index (χ2v) is 5.60. The molecule has 0 radical (unpaired) electrons. The summed E-state index contributed by atoms with van der Waals surface area (Å²) in [5, 5.41) is 30.0. The molecule has 2 amide bonds. The molecule has 19 heavy (non-hydrogen) atoms. The van der Waals surface area contributed by atoms with Gasteiger partial charge in [-0.1, -0.05) is 0 Å². The second kappa shape index (κ2) is 6.21. The number of nitrogens with one attached hydrogen (secondary N) is 1. The van der Waals surface area contributed by atoms with Crippen LogP contribution in [-0.4, -0.2) is 64.1 Å². The molecule has 1 aliphatic carbocycles. The van der Waals surface area contributed by atoms with Crippen molar-refractivity contribution >= 4 is 12.0 Å². The first-order valence-corrected chi connectivity index (χ1v) is 6.31. The highest BCUT2D eigenvalue weighted by molar-refractivity contribution is 5.74. The molecule has 1 saturated carbocycles. The van der Waals surface area contributed by atoms with E-state index in [1.807, 2.05) is 0 Å². The number of aliphatic hydroxyl groups is 2. The number of aliphatic carboxylic acids is 1. The van der Waals surface area contributed by atoms with Gasteiger partial charge in [-0.2, -0.15) is 0 Å². The molecule has 1 aliphatic rings. The minimum atomic E-state index is -1.46. The number of carbonyl (C=O) groups is 2. The van der Waals surface area contributed by atoms with Gasteiger partial charge in [-0.05, 0) is 25.7 Å². The number of hydrogen-bond acceptors (Lipinski definition) is 4. The van der Waals surface area contributed by atoms with E-state index in [0.717, 1.165) is 0 Å². The van der Waals surface area contributed by atoms with Crippen LogP contribution in [0.5, 0.6) is 0 Å². The molecule has 0 aliphatic heterocycles. The Balaban J connectivity index is 2.27. The summed E-state index contributed by atoms with van der Waals surface area (Å²) in [5.74, 6) is -0.804. The third kappa shape index (κ3) is 5.44. The predicted molar refractivity (Wildman–Crippen MR) is 67.6 cm³/mol. The summed E-state index contributed by atoms with van der Waals surface area (Å²) in [6.45, 7) is 1.80. The topological polar surface area (TPSA) is 110 Å². The van der Waals surface area contributed by atoms with Crippen LogP contribution in [-0.2, 0) is 4.79 Å². The monoisotopic (exact) mass is 274 g/mol. The van der Waals surface area contributed by atoms with Gasteiger partial charge in [-0.3, -0.25) is 4.79 Å². The fraction of sp³-hybridized carbons (Fsp3) is 0.833. The lowest BCUT2D eigenvalue weighted by molar-refractivity contribution is -0.141. The number of rotatable bonds is 6. The van der Waals surface area contributed by atoms with Crippen molar-refractivity contribution in [1.29, 1.82) is 0 Å². The van der Waals surface area contributed by atoms with Gasteiger partial charge in [0.1, 0.15) is 0 Å². The van der Waals surface area contributed by atoms with E-state index in [4.69, 9.17) is 10.2 Å². The lowest BCUT2D eigenvalue weighted by Gasteiger charge is -2.34. The first-order chi connectivity index (χ1) is 8.69. The quantitative estimate of drug-likeness (QED) is 0.528. The molecular formula is C12H22N2O5. The van der Waals surface area contributed by atoms with Crippen molar-refractivity contribution in [2.75, 3.05) is 20.1 Å². The molecule has 7 nitrogen and oxygen atoms in total. The van der Waals surface area contributed by atoms with Gasteiger partial charge in [0.2, 0.25) is 0 Å². The number of carbonyl (C=O) groups excluding carboxylic acids is 1. The largest absolute Gasteiger partial charge is 0.481 e. The van der Waals surface area contributed by atoms with E-state index in [1.165, 1.54) is 11.8 Å². The molecule has 0 spiro atoms. The second-order valence-electron chi connectivity index (χ2n) is 5.60. The van der Waals surface area contributed by atoms with Crippen LogP contribution in [0.25, 0.3) is 0 Å². The summed E-state index contributed by atoms with van der Waals surface area (Å²) in [4.78, 5) is 23.7. The third-order valence-electron chi connectivity index (χ3n) is 3.24. The smallest absolute Gasteiger partial charge is 0.317 e. The molecular weight excluding hydrogens is 252 g/mol. The highest BCUT2D eigenvalue weighted by Gasteiger charge is 2.30. The van der Waals surface area contributed by atoms with E-state index in [0.29, 0.717) is 25.3 Å². The van der Waals surface area contributed by atoms with E-state index >= 15 is 0 Å². The van der Waals surface area contributed by atoms with Gasteiger partial charge in [0.15, 0.2) is 0 Å². The standard InChI is InChI=1S/C12H22N2O5/c1-12(19,5-10(16)17)7-13-11(18)14(2)6-8-3-9(15)4-8/h8-9,15,19H,3-7H2,1-2H3,(H,13,18)(H,16,17). The zero-order chi connectivity index (χ0) is 14.6. The van der Waals surface area contributed by atoms with E-state index in [2.05, 4.69) is 5.32 Å². The lowest BCUT2D eigenvalue weighted by Crippen LogP contribution is -2.48. The van der Waals surface area contributed by atoms with E-state index in [-0.39, 0.29) is 18.7 Å². The average molecular weight is 274 g/mol. The summed E-state index contributed by atoms with van der Waals surface area (Å²) in [6, 6.07) is -0.355. The summed E-state index contributed by atoms with van der Waals surface area (Å²) in [5.41, 5.74) is -1.46. The van der Waals surface area contributed by atoms with Crippen molar-refractivity contribution in [2.45, 2.75) is 37.9 Å². The molecule has 0 aromatic carbocycles. The number of aliphatic hydroxyl groups excluding tert-OH is 1. The Morgan fingerprint density at radius 1 is 1.42 bits per heavy atom. The minimum Gasteiger partial charge on any atom is -0.481 e. The van der Waals surface area contributed by atoms with E-state index in [9.17, 15) is 14.7 Å². The van der Waals surface area contributed by atoms with Gasteiger partial charge < -0.3 is 25.5 Å². The number of nitrogens with zero attached hydrogens (tertiary/aromatic N) is 1. The summed E-state index contributed by atoms with van der Waals surface area (Å²) < 4.78 is 0. The maximum absolute atomic E-state index is 11.7. The average Bonchev–Trinajstić information content (AvgIpc) is 2.22.